The van der Waals surface area contributed by atoms with Crippen LogP contribution < -0.4 is 11.0 Å². The molecule has 0 fully saturated rings. The lowest BCUT2D eigenvalue weighted by Crippen LogP contribution is -2.45. The third-order valence-electron chi connectivity index (χ3n) is 5.21. The van der Waals surface area contributed by atoms with Gasteiger partial charge in [-0.25, -0.2) is 4.79 Å². The number of hydrogen-bond acceptors (Lipinski definition) is 4. The second-order valence-corrected chi connectivity index (χ2v) is 7.08. The minimum Gasteiger partial charge on any atom is -0.355 e. The lowest BCUT2D eigenvalue weighted by Gasteiger charge is -2.34. The zero-order valence-electron chi connectivity index (χ0n) is 15.6. The minimum atomic E-state index is -0.339. The fraction of sp³-hybridized carbons (Fsp3) is 0.450. The van der Waals surface area contributed by atoms with Crippen LogP contribution in [0.3, 0.4) is 0 Å². The van der Waals surface area contributed by atoms with E-state index < -0.39 is 0 Å². The molecule has 2 N–H and O–H groups in total. The normalized spacial score (nSPS) is 17.0. The summed E-state index contributed by atoms with van der Waals surface area (Å²) in [5.74, 6) is 0.0299. The number of aryl methyl sites for hydroxylation is 2. The predicted octanol–water partition coefficient (Wildman–Crippen LogP) is 1.49. The van der Waals surface area contributed by atoms with E-state index in [0.717, 1.165) is 24.2 Å². The Morgan fingerprint density at radius 3 is 2.77 bits per heavy atom. The van der Waals surface area contributed by atoms with Crippen molar-refractivity contribution in [2.45, 2.75) is 45.7 Å². The molecule has 2 heterocycles. The van der Waals surface area contributed by atoms with Crippen molar-refractivity contribution in [1.82, 2.24) is 20.2 Å². The van der Waals surface area contributed by atoms with E-state index in [2.05, 4.69) is 51.5 Å². The van der Waals surface area contributed by atoms with E-state index in [-0.39, 0.29) is 11.6 Å². The van der Waals surface area contributed by atoms with Crippen molar-refractivity contribution in [3.8, 4) is 0 Å². The molecule has 26 heavy (non-hydrogen) atoms. The smallest absolute Gasteiger partial charge is 0.345 e. The number of carbonyl (C=O) groups is 1. The lowest BCUT2D eigenvalue weighted by molar-refractivity contribution is -0.121. The Hall–Kier alpha value is -2.47. The minimum absolute atomic E-state index is 0.0299. The molecule has 1 aliphatic rings. The van der Waals surface area contributed by atoms with Gasteiger partial charge in [0.1, 0.15) is 0 Å². The van der Waals surface area contributed by atoms with Crippen LogP contribution in [0, 0.1) is 13.8 Å². The van der Waals surface area contributed by atoms with Gasteiger partial charge in [-0.1, -0.05) is 24.3 Å². The molecule has 6 heteroatoms. The van der Waals surface area contributed by atoms with Crippen LogP contribution in [0.25, 0.3) is 0 Å². The van der Waals surface area contributed by atoms with Crippen LogP contribution in [0.2, 0.25) is 0 Å². The van der Waals surface area contributed by atoms with Gasteiger partial charge in [0.25, 0.3) is 0 Å². The molecule has 0 saturated heterocycles. The first-order chi connectivity index (χ1) is 12.4. The molecule has 0 aliphatic carbocycles. The monoisotopic (exact) mass is 354 g/mol. The summed E-state index contributed by atoms with van der Waals surface area (Å²) in [5, 5.41) is 3.06. The topological polar surface area (TPSA) is 78.1 Å². The van der Waals surface area contributed by atoms with Crippen molar-refractivity contribution in [1.29, 1.82) is 0 Å². The zero-order valence-corrected chi connectivity index (χ0v) is 15.6. The Kier molecular flexibility index (Phi) is 5.52. The van der Waals surface area contributed by atoms with E-state index in [4.69, 9.17) is 0 Å². The van der Waals surface area contributed by atoms with Crippen molar-refractivity contribution in [2.75, 3.05) is 13.6 Å². The van der Waals surface area contributed by atoms with Gasteiger partial charge in [-0.2, -0.15) is 4.98 Å². The summed E-state index contributed by atoms with van der Waals surface area (Å²) in [6.45, 7) is 5.21. The molecule has 0 saturated carbocycles. The van der Waals surface area contributed by atoms with Gasteiger partial charge < -0.3 is 10.3 Å². The maximum atomic E-state index is 12.3. The Balaban J connectivity index is 1.53. The molecular weight excluding hydrogens is 328 g/mol. The first kappa shape index (κ1) is 18.3. The number of aromatic nitrogens is 2. The van der Waals surface area contributed by atoms with Gasteiger partial charge in [-0.3, -0.25) is 9.69 Å². The number of fused-ring (bicyclic) bond motifs is 1. The van der Waals surface area contributed by atoms with Crippen LogP contribution in [0.1, 0.15) is 34.5 Å². The molecule has 0 spiro atoms. The van der Waals surface area contributed by atoms with Gasteiger partial charge in [-0.05, 0) is 50.4 Å². The number of benzene rings is 1. The van der Waals surface area contributed by atoms with E-state index in [1.54, 1.807) is 0 Å². The number of H-pyrrole nitrogens is 1. The summed E-state index contributed by atoms with van der Waals surface area (Å²) in [6, 6.07) is 8.80. The Morgan fingerprint density at radius 2 is 2.04 bits per heavy atom. The summed E-state index contributed by atoms with van der Waals surface area (Å²) < 4.78 is 0. The van der Waals surface area contributed by atoms with Gasteiger partial charge in [-0.15, -0.1) is 0 Å². The van der Waals surface area contributed by atoms with E-state index in [0.29, 0.717) is 31.1 Å². The number of amides is 1. The molecule has 3 rings (SSSR count). The van der Waals surface area contributed by atoms with Gasteiger partial charge >= 0.3 is 5.69 Å². The van der Waals surface area contributed by atoms with Crippen LogP contribution in [-0.4, -0.2) is 40.4 Å². The van der Waals surface area contributed by atoms with Crippen molar-refractivity contribution < 1.29 is 4.79 Å². The molecule has 0 radical (unpaired) electrons. The van der Waals surface area contributed by atoms with Crippen molar-refractivity contribution in [3.63, 3.8) is 0 Å². The third-order valence-corrected chi connectivity index (χ3v) is 5.21. The SMILES string of the molecule is Cc1nc(=O)[nH]c(C)c1CCC(=O)NC[C@H]1Cc2ccccc2CN1C. The number of carbonyl (C=O) groups excluding carboxylic acids is 1. The Morgan fingerprint density at radius 1 is 1.31 bits per heavy atom. The molecule has 1 aromatic heterocycles. The highest BCUT2D eigenvalue weighted by Gasteiger charge is 2.23. The van der Waals surface area contributed by atoms with E-state index in [1.165, 1.54) is 11.1 Å². The fourth-order valence-corrected chi connectivity index (χ4v) is 3.63. The molecule has 1 atom stereocenters. The van der Waals surface area contributed by atoms with Crippen LogP contribution in [-0.2, 0) is 24.2 Å². The molecule has 1 aromatic carbocycles. The molecule has 0 bridgehead atoms. The van der Waals surface area contributed by atoms with Crippen LogP contribution in [0.15, 0.2) is 29.1 Å². The number of aromatic amines is 1. The van der Waals surface area contributed by atoms with Crippen molar-refractivity contribution in [2.24, 2.45) is 0 Å². The van der Waals surface area contributed by atoms with Crippen molar-refractivity contribution >= 4 is 5.91 Å². The Labute approximate surface area is 153 Å². The van der Waals surface area contributed by atoms with Crippen LogP contribution >= 0.6 is 0 Å². The summed E-state index contributed by atoms with van der Waals surface area (Å²) in [4.78, 5) is 32.5. The largest absolute Gasteiger partial charge is 0.355 e. The molecule has 6 nitrogen and oxygen atoms in total. The Bertz CT molecular complexity index is 833. The molecular formula is C20H26N4O2. The van der Waals surface area contributed by atoms with Crippen LogP contribution in [0.4, 0.5) is 0 Å². The zero-order chi connectivity index (χ0) is 18.7. The number of likely N-dealkylation sites (N-methyl/N-ethyl adjacent to an activating group) is 1. The summed E-state index contributed by atoms with van der Waals surface area (Å²) in [6.07, 6.45) is 1.92. The highest BCUT2D eigenvalue weighted by molar-refractivity contribution is 5.76. The molecule has 0 unspecified atom stereocenters. The number of nitrogens with one attached hydrogen (secondary N) is 2. The van der Waals surface area contributed by atoms with E-state index in [9.17, 15) is 9.59 Å². The summed E-state index contributed by atoms with van der Waals surface area (Å²) >= 11 is 0. The maximum Gasteiger partial charge on any atom is 0.345 e. The molecule has 138 valence electrons. The van der Waals surface area contributed by atoms with E-state index >= 15 is 0 Å². The quantitative estimate of drug-likeness (QED) is 0.853. The van der Waals surface area contributed by atoms with Crippen LogP contribution in [0.5, 0.6) is 0 Å². The standard InChI is InChI=1S/C20H26N4O2/c1-13-18(14(2)23-20(26)22-13)8-9-19(25)21-11-17-10-15-6-4-5-7-16(15)12-24(17)3/h4-7,17H,8-12H2,1-3H3,(H,21,25)(H,22,23,26)/t17-/m1/s1. The average Bonchev–Trinajstić information content (AvgIpc) is 2.59. The first-order valence-corrected chi connectivity index (χ1v) is 9.04. The average molecular weight is 354 g/mol. The number of hydrogen-bond donors (Lipinski definition) is 2. The first-order valence-electron chi connectivity index (χ1n) is 9.04. The summed E-state index contributed by atoms with van der Waals surface area (Å²) in [5.41, 5.74) is 4.84. The third kappa shape index (κ3) is 4.19. The second-order valence-electron chi connectivity index (χ2n) is 7.08. The molecule has 1 amide bonds. The number of nitrogens with zero attached hydrogens (tertiary/aromatic N) is 2. The van der Waals surface area contributed by atoms with Gasteiger partial charge in [0.05, 0.1) is 0 Å². The van der Waals surface area contributed by atoms with Gasteiger partial charge in [0.15, 0.2) is 0 Å². The summed E-state index contributed by atoms with van der Waals surface area (Å²) in [7, 11) is 2.10. The predicted molar refractivity (Wildman–Crippen MR) is 101 cm³/mol. The molecule has 1 aliphatic heterocycles. The second kappa shape index (κ2) is 7.83. The van der Waals surface area contributed by atoms with Crippen molar-refractivity contribution in [3.05, 3.63) is 62.8 Å². The lowest BCUT2D eigenvalue weighted by atomic mass is 9.94. The van der Waals surface area contributed by atoms with E-state index in [1.807, 2.05) is 13.8 Å². The fourth-order valence-electron chi connectivity index (χ4n) is 3.63. The highest BCUT2D eigenvalue weighted by Crippen LogP contribution is 2.21. The highest BCUT2D eigenvalue weighted by atomic mass is 16.1. The molecule has 2 aromatic rings. The maximum absolute atomic E-state index is 12.3. The number of rotatable bonds is 5. The van der Waals surface area contributed by atoms with Gasteiger partial charge in [0, 0.05) is 36.9 Å². The van der Waals surface area contributed by atoms with Gasteiger partial charge in [0.2, 0.25) is 5.91 Å².